The van der Waals surface area contributed by atoms with Gasteiger partial charge in [-0.3, -0.25) is 0 Å². The fraction of sp³-hybridized carbons (Fsp3) is 0.118. The number of rotatable bonds is 4. The molecule has 0 spiro atoms. The van der Waals surface area contributed by atoms with Crippen molar-refractivity contribution < 1.29 is 4.42 Å². The van der Waals surface area contributed by atoms with Gasteiger partial charge < -0.3 is 9.32 Å². The molecule has 36 heavy (non-hydrogen) atoms. The van der Waals surface area contributed by atoms with Crippen molar-refractivity contribution in [3.8, 4) is 11.3 Å². The molecule has 6 rings (SSSR count). The Morgan fingerprint density at radius 3 is 2.03 bits per heavy atom. The summed E-state index contributed by atoms with van der Waals surface area (Å²) in [5.41, 5.74) is 6.52. The average molecular weight is 468 g/mol. The average Bonchev–Trinajstić information content (AvgIpc) is 3.30. The van der Waals surface area contributed by atoms with E-state index in [4.69, 9.17) is 4.42 Å². The van der Waals surface area contributed by atoms with E-state index in [1.54, 1.807) is 0 Å². The fourth-order valence-electron chi connectivity index (χ4n) is 5.12. The van der Waals surface area contributed by atoms with Gasteiger partial charge in [0.1, 0.15) is 11.3 Å². The molecule has 0 fully saturated rings. The van der Waals surface area contributed by atoms with Gasteiger partial charge in [-0.25, -0.2) is 0 Å². The highest BCUT2D eigenvalue weighted by Crippen LogP contribution is 2.43. The number of fused-ring (bicyclic) bond motifs is 2. The number of anilines is 3. The molecule has 0 saturated heterocycles. The van der Waals surface area contributed by atoms with Crippen molar-refractivity contribution in [1.82, 2.24) is 0 Å². The van der Waals surface area contributed by atoms with Crippen LogP contribution in [0, 0.1) is 0 Å². The zero-order valence-corrected chi connectivity index (χ0v) is 20.9. The molecule has 2 nitrogen and oxygen atoms in total. The first-order chi connectivity index (χ1) is 17.5. The Kier molecular flexibility index (Phi) is 5.38. The zero-order valence-electron chi connectivity index (χ0n) is 20.9. The highest BCUT2D eigenvalue weighted by atomic mass is 16.3. The molecule has 0 aliphatic rings. The molecular formula is C34H29NO. The largest absolute Gasteiger partial charge is 0.456 e. The molecule has 1 aromatic heterocycles. The second-order valence-electron chi connectivity index (χ2n) is 10.3. The molecule has 0 radical (unpaired) electrons. The molecule has 0 bridgehead atoms. The molecule has 0 aliphatic heterocycles. The summed E-state index contributed by atoms with van der Waals surface area (Å²) in [6, 6.07) is 42.7. The lowest BCUT2D eigenvalue weighted by atomic mass is 9.83. The van der Waals surface area contributed by atoms with Crippen LogP contribution in [0.2, 0.25) is 0 Å². The van der Waals surface area contributed by atoms with E-state index < -0.39 is 0 Å². The van der Waals surface area contributed by atoms with Gasteiger partial charge in [0.05, 0.1) is 0 Å². The van der Waals surface area contributed by atoms with Gasteiger partial charge in [0.25, 0.3) is 0 Å². The fourth-order valence-corrected chi connectivity index (χ4v) is 5.12. The van der Waals surface area contributed by atoms with Crippen LogP contribution in [0.3, 0.4) is 0 Å². The molecule has 1 heterocycles. The van der Waals surface area contributed by atoms with Gasteiger partial charge in [-0.2, -0.15) is 0 Å². The third-order valence-electron chi connectivity index (χ3n) is 6.72. The predicted octanol–water partition coefficient (Wildman–Crippen LogP) is 10.0. The van der Waals surface area contributed by atoms with Gasteiger partial charge >= 0.3 is 0 Å². The van der Waals surface area contributed by atoms with Crippen LogP contribution in [0.4, 0.5) is 17.1 Å². The number of benzene rings is 5. The van der Waals surface area contributed by atoms with Crippen molar-refractivity contribution in [3.05, 3.63) is 127 Å². The van der Waals surface area contributed by atoms with E-state index in [0.717, 1.165) is 34.0 Å². The summed E-state index contributed by atoms with van der Waals surface area (Å²) in [6.07, 6.45) is 0. The lowest BCUT2D eigenvalue weighted by molar-refractivity contribution is 0.568. The minimum absolute atomic E-state index is 0.0601. The maximum absolute atomic E-state index is 6.50. The summed E-state index contributed by atoms with van der Waals surface area (Å²) in [4.78, 5) is 2.31. The number of para-hydroxylation sites is 2. The summed E-state index contributed by atoms with van der Waals surface area (Å²) in [6.45, 7) is 6.76. The first-order valence-electron chi connectivity index (χ1n) is 12.5. The monoisotopic (exact) mass is 467 g/mol. The van der Waals surface area contributed by atoms with Gasteiger partial charge in [0.2, 0.25) is 0 Å². The van der Waals surface area contributed by atoms with Crippen LogP contribution in [-0.2, 0) is 5.41 Å². The quantitative estimate of drug-likeness (QED) is 0.256. The lowest BCUT2D eigenvalue weighted by Crippen LogP contribution is -2.12. The number of nitrogens with zero attached hydrogens (tertiary/aromatic N) is 1. The lowest BCUT2D eigenvalue weighted by Gasteiger charge is -2.26. The van der Waals surface area contributed by atoms with Crippen molar-refractivity contribution >= 4 is 38.8 Å². The Bertz CT molecular complexity index is 1670. The van der Waals surface area contributed by atoms with E-state index in [1.807, 2.05) is 6.07 Å². The van der Waals surface area contributed by atoms with Crippen LogP contribution in [0.15, 0.2) is 126 Å². The Balaban J connectivity index is 1.55. The molecule has 2 heteroatoms. The zero-order chi connectivity index (χ0) is 24.7. The maximum atomic E-state index is 6.50. The molecule has 5 aromatic carbocycles. The molecule has 0 amide bonds. The smallest absolute Gasteiger partial charge is 0.139 e. The molecule has 0 atom stereocenters. The predicted molar refractivity (Wildman–Crippen MR) is 153 cm³/mol. The number of hydrogen-bond donors (Lipinski definition) is 0. The minimum atomic E-state index is -0.0601. The molecule has 0 unspecified atom stereocenters. The van der Waals surface area contributed by atoms with Crippen LogP contribution in [0.25, 0.3) is 33.1 Å². The van der Waals surface area contributed by atoms with Crippen LogP contribution in [-0.4, -0.2) is 0 Å². The van der Waals surface area contributed by atoms with Crippen molar-refractivity contribution in [1.29, 1.82) is 0 Å². The third-order valence-corrected chi connectivity index (χ3v) is 6.72. The summed E-state index contributed by atoms with van der Waals surface area (Å²) in [5.74, 6) is 0.942. The summed E-state index contributed by atoms with van der Waals surface area (Å²) < 4.78 is 6.50. The van der Waals surface area contributed by atoms with E-state index in [0.29, 0.717) is 0 Å². The summed E-state index contributed by atoms with van der Waals surface area (Å²) in [5, 5.41) is 3.64. The van der Waals surface area contributed by atoms with Crippen molar-refractivity contribution in [2.75, 3.05) is 4.90 Å². The second kappa shape index (κ2) is 8.73. The Morgan fingerprint density at radius 2 is 1.22 bits per heavy atom. The molecule has 6 aromatic rings. The molecule has 0 N–H and O–H groups in total. The number of furan rings is 1. The maximum Gasteiger partial charge on any atom is 0.139 e. The van der Waals surface area contributed by atoms with Gasteiger partial charge in [-0.1, -0.05) is 99.6 Å². The molecule has 176 valence electrons. The molecule has 0 aliphatic carbocycles. The minimum Gasteiger partial charge on any atom is -0.456 e. The van der Waals surface area contributed by atoms with Crippen LogP contribution < -0.4 is 4.90 Å². The summed E-state index contributed by atoms with van der Waals surface area (Å²) in [7, 11) is 0. The van der Waals surface area contributed by atoms with E-state index in [1.165, 1.54) is 21.7 Å². The third kappa shape index (κ3) is 3.95. The van der Waals surface area contributed by atoms with E-state index in [2.05, 4.69) is 141 Å². The van der Waals surface area contributed by atoms with Gasteiger partial charge in [0.15, 0.2) is 0 Å². The first-order valence-corrected chi connectivity index (χ1v) is 12.5. The van der Waals surface area contributed by atoms with E-state index in [9.17, 15) is 0 Å². The standard InChI is InChI=1S/C34H29NO/c1-34(2,3)32-30-18-9-10-19-31(30)36-33(32)26-14-11-17-28(23-26)35(27-15-5-4-6-16-27)29-21-20-24-12-7-8-13-25(24)22-29/h4-23H,1-3H3. The van der Waals surface area contributed by atoms with Crippen molar-refractivity contribution in [2.24, 2.45) is 0 Å². The number of hydrogen-bond acceptors (Lipinski definition) is 2. The Labute approximate surface area is 212 Å². The van der Waals surface area contributed by atoms with Crippen LogP contribution >= 0.6 is 0 Å². The SMILES string of the molecule is CC(C)(C)c1c(-c2cccc(N(c3ccccc3)c3ccc4ccccc4c3)c2)oc2ccccc12. The van der Waals surface area contributed by atoms with Gasteiger partial charge in [0, 0.05) is 33.6 Å². The van der Waals surface area contributed by atoms with Crippen LogP contribution in [0.1, 0.15) is 26.3 Å². The van der Waals surface area contributed by atoms with Crippen molar-refractivity contribution in [3.63, 3.8) is 0 Å². The van der Waals surface area contributed by atoms with Crippen molar-refractivity contribution in [2.45, 2.75) is 26.2 Å². The Hall–Kier alpha value is -4.30. The van der Waals surface area contributed by atoms with E-state index >= 15 is 0 Å². The van der Waals surface area contributed by atoms with E-state index in [-0.39, 0.29) is 5.41 Å². The summed E-state index contributed by atoms with van der Waals surface area (Å²) >= 11 is 0. The first kappa shape index (κ1) is 22.2. The topological polar surface area (TPSA) is 16.4 Å². The Morgan fingerprint density at radius 1 is 0.556 bits per heavy atom. The normalized spacial score (nSPS) is 11.8. The highest BCUT2D eigenvalue weighted by Gasteiger charge is 2.26. The second-order valence-corrected chi connectivity index (χ2v) is 10.3. The van der Waals surface area contributed by atoms with Crippen LogP contribution in [0.5, 0.6) is 0 Å². The van der Waals surface area contributed by atoms with Gasteiger partial charge in [-0.15, -0.1) is 0 Å². The van der Waals surface area contributed by atoms with Gasteiger partial charge in [-0.05, 0) is 58.7 Å². The molecular weight excluding hydrogens is 438 g/mol. The molecule has 0 saturated carbocycles. The highest BCUT2D eigenvalue weighted by molar-refractivity contribution is 5.92.